The highest BCUT2D eigenvalue weighted by molar-refractivity contribution is 7.97. The van der Waals surface area contributed by atoms with Gasteiger partial charge in [-0.2, -0.15) is 26.3 Å². The van der Waals surface area contributed by atoms with Crippen LogP contribution in [0.3, 0.4) is 0 Å². The normalized spacial score (nSPS) is 14.0. The molecule has 0 unspecified atom stereocenters. The highest BCUT2D eigenvalue weighted by atomic mass is 32.1. The first-order chi connectivity index (χ1) is 16.9. The summed E-state index contributed by atoms with van der Waals surface area (Å²) in [6.07, 6.45) is -9.02. The molecule has 2 N–H and O–H groups in total. The van der Waals surface area contributed by atoms with Gasteiger partial charge in [-0.15, -0.1) is 45.7 Å². The van der Waals surface area contributed by atoms with Gasteiger partial charge in [-0.1, -0.05) is 30.3 Å². The number of thiol groups is 2. The molecular formula is C21H20F6N6OS2. The molecule has 36 heavy (non-hydrogen) atoms. The Morgan fingerprint density at radius 3 is 1.50 bits per heavy atom. The lowest BCUT2D eigenvalue weighted by atomic mass is 10.00. The number of rotatable bonds is 8. The fourth-order valence-corrected chi connectivity index (χ4v) is 2.70. The number of nitrogens with one attached hydrogen (secondary N) is 2. The Morgan fingerprint density at radius 1 is 0.694 bits per heavy atom. The second kappa shape index (κ2) is 13.2. The highest BCUT2D eigenvalue weighted by Crippen LogP contribution is 2.17. The molecule has 7 nitrogen and oxygen atoms in total. The van der Waals surface area contributed by atoms with Crippen LogP contribution in [0.5, 0.6) is 5.75 Å². The van der Waals surface area contributed by atoms with Gasteiger partial charge in [-0.3, -0.25) is 0 Å². The van der Waals surface area contributed by atoms with Crippen molar-refractivity contribution in [3.63, 3.8) is 0 Å². The van der Waals surface area contributed by atoms with E-state index < -0.39 is 35.8 Å². The van der Waals surface area contributed by atoms with Gasteiger partial charge in [0.1, 0.15) is 30.3 Å². The first kappa shape index (κ1) is 29.0. The van der Waals surface area contributed by atoms with E-state index in [2.05, 4.69) is 45.7 Å². The Labute approximate surface area is 213 Å². The molecule has 15 heteroatoms. The molecule has 0 spiro atoms. The molecule has 0 radical (unpaired) electrons. The third-order valence-electron chi connectivity index (χ3n) is 4.02. The number of hydrogen-bond donors (Lipinski definition) is 4. The number of methoxy groups -OCH3 is 1. The van der Waals surface area contributed by atoms with Gasteiger partial charge in [0.15, 0.2) is 10.3 Å². The maximum atomic E-state index is 12.5. The summed E-state index contributed by atoms with van der Waals surface area (Å²) >= 11 is 7.74. The molecule has 2 aromatic rings. The number of amidine groups is 2. The van der Waals surface area contributed by atoms with Gasteiger partial charge in [0.05, 0.1) is 7.11 Å². The quantitative estimate of drug-likeness (QED) is 0.127. The van der Waals surface area contributed by atoms with Gasteiger partial charge >= 0.3 is 12.4 Å². The standard InChI is InChI=1S/C21H20F6N6OS2/c1-34-15-9-7-14(8-10-15)17(31-33-19(36)29-12-21(25,26)27)16(13-5-3-2-4-6-13)30-32-18(35)28-11-20(22,23)24/h2-10H,11-12H2,1H3,(H2,28,32,35)(H2,29,33,36)/b30-16+,31-17+. The monoisotopic (exact) mass is 550 g/mol. The van der Waals surface area contributed by atoms with Crippen molar-refractivity contribution in [2.45, 2.75) is 12.4 Å². The van der Waals surface area contributed by atoms with Crippen LogP contribution in [0.2, 0.25) is 0 Å². The Morgan fingerprint density at radius 2 is 1.11 bits per heavy atom. The Balaban J connectivity index is 2.57. The van der Waals surface area contributed by atoms with Crippen molar-refractivity contribution in [3.8, 4) is 5.75 Å². The molecule has 0 aliphatic carbocycles. The minimum absolute atomic E-state index is 0.0323. The van der Waals surface area contributed by atoms with Crippen LogP contribution in [0, 0.1) is 0 Å². The first-order valence-electron chi connectivity index (χ1n) is 9.88. The highest BCUT2D eigenvalue weighted by Gasteiger charge is 2.27. The van der Waals surface area contributed by atoms with E-state index in [0.29, 0.717) is 16.9 Å². The molecule has 0 amide bonds. The van der Waals surface area contributed by atoms with Crippen LogP contribution in [-0.4, -0.2) is 54.3 Å². The fraction of sp³-hybridized carbons (Fsp3) is 0.238. The van der Waals surface area contributed by atoms with E-state index in [4.69, 9.17) is 4.74 Å². The van der Waals surface area contributed by atoms with Gasteiger partial charge in [0.25, 0.3) is 0 Å². The molecule has 0 saturated heterocycles. The van der Waals surface area contributed by atoms with Crippen LogP contribution in [0.4, 0.5) is 26.3 Å². The molecular weight excluding hydrogens is 530 g/mol. The lowest BCUT2D eigenvalue weighted by molar-refractivity contribution is -0.122. The predicted octanol–water partition coefficient (Wildman–Crippen LogP) is 4.68. The molecule has 0 bridgehead atoms. The molecule has 0 saturated carbocycles. The lowest BCUT2D eigenvalue weighted by Gasteiger charge is -2.11. The first-order valence-corrected chi connectivity index (χ1v) is 10.8. The Bertz CT molecular complexity index is 1120. The van der Waals surface area contributed by atoms with Crippen molar-refractivity contribution < 1.29 is 31.1 Å². The van der Waals surface area contributed by atoms with Crippen LogP contribution in [-0.2, 0) is 0 Å². The van der Waals surface area contributed by atoms with Gasteiger partial charge < -0.3 is 15.4 Å². The average molecular weight is 551 g/mol. The third kappa shape index (κ3) is 10.6. The van der Waals surface area contributed by atoms with Crippen molar-refractivity contribution in [3.05, 3.63) is 65.7 Å². The predicted molar refractivity (Wildman–Crippen MR) is 133 cm³/mol. The summed E-state index contributed by atoms with van der Waals surface area (Å²) in [4.78, 5) is 0. The molecule has 194 valence electrons. The SMILES string of the molecule is COc1ccc(C(=N\N=C(/S)NCC(F)(F)F)/C(=N/N=C(\S)NCC(F)(F)F)c2ccccc2)cc1. The summed E-state index contributed by atoms with van der Waals surface area (Å²) in [6.45, 7) is -2.77. The Kier molecular flexibility index (Phi) is 10.6. The zero-order chi connectivity index (χ0) is 26.8. The minimum atomic E-state index is -4.51. The molecule has 0 aliphatic heterocycles. The summed E-state index contributed by atoms with van der Waals surface area (Å²) in [5.74, 6) is 0.508. The van der Waals surface area contributed by atoms with Crippen molar-refractivity contribution in [1.29, 1.82) is 0 Å². The summed E-state index contributed by atoms with van der Waals surface area (Å²) < 4.78 is 80.1. The van der Waals surface area contributed by atoms with Crippen molar-refractivity contribution >= 4 is 47.0 Å². The molecule has 0 aromatic heterocycles. The van der Waals surface area contributed by atoms with Crippen LogP contribution in [0.15, 0.2) is 75.0 Å². The summed E-state index contributed by atoms with van der Waals surface area (Å²) in [7, 11) is 1.46. The average Bonchev–Trinajstić information content (AvgIpc) is 2.83. The second-order valence-electron chi connectivity index (χ2n) is 6.78. The zero-order valence-corrected chi connectivity index (χ0v) is 20.3. The number of hydrogen-bond acceptors (Lipinski definition) is 5. The fourth-order valence-electron chi connectivity index (χ4n) is 2.45. The van der Waals surface area contributed by atoms with Gasteiger partial charge in [0, 0.05) is 11.1 Å². The smallest absolute Gasteiger partial charge is 0.405 e. The molecule has 0 heterocycles. The van der Waals surface area contributed by atoms with E-state index in [0.717, 1.165) is 0 Å². The van der Waals surface area contributed by atoms with Crippen LogP contribution in [0.25, 0.3) is 0 Å². The molecule has 2 aromatic carbocycles. The molecule has 0 aliphatic rings. The van der Waals surface area contributed by atoms with E-state index in [1.165, 1.54) is 7.11 Å². The van der Waals surface area contributed by atoms with E-state index in [1.54, 1.807) is 54.6 Å². The van der Waals surface area contributed by atoms with Crippen molar-refractivity contribution in [2.75, 3.05) is 20.2 Å². The van der Waals surface area contributed by atoms with E-state index in [9.17, 15) is 26.3 Å². The number of benzene rings is 2. The summed E-state index contributed by atoms with van der Waals surface area (Å²) in [5.41, 5.74) is 0.914. The molecule has 0 fully saturated rings. The van der Waals surface area contributed by atoms with E-state index >= 15 is 0 Å². The van der Waals surface area contributed by atoms with Crippen LogP contribution in [0.1, 0.15) is 11.1 Å². The third-order valence-corrected chi connectivity index (χ3v) is 4.51. The van der Waals surface area contributed by atoms with E-state index in [-0.39, 0.29) is 11.4 Å². The lowest BCUT2D eigenvalue weighted by Crippen LogP contribution is -2.31. The number of halogens is 6. The van der Waals surface area contributed by atoms with E-state index in [1.807, 2.05) is 10.6 Å². The maximum absolute atomic E-state index is 12.5. The molecule has 2 rings (SSSR count). The van der Waals surface area contributed by atoms with Gasteiger partial charge in [-0.05, 0) is 24.3 Å². The Hall–Kier alpha value is -3.20. The minimum Gasteiger partial charge on any atom is -0.497 e. The second-order valence-corrected chi connectivity index (χ2v) is 7.62. The largest absolute Gasteiger partial charge is 0.497 e. The zero-order valence-electron chi connectivity index (χ0n) is 18.5. The molecule has 0 atom stereocenters. The maximum Gasteiger partial charge on any atom is 0.405 e. The van der Waals surface area contributed by atoms with Gasteiger partial charge in [0.2, 0.25) is 0 Å². The van der Waals surface area contributed by atoms with Crippen LogP contribution < -0.4 is 15.4 Å². The van der Waals surface area contributed by atoms with Crippen LogP contribution >= 0.6 is 25.3 Å². The van der Waals surface area contributed by atoms with Crippen molar-refractivity contribution in [2.24, 2.45) is 20.4 Å². The van der Waals surface area contributed by atoms with Crippen molar-refractivity contribution in [1.82, 2.24) is 10.6 Å². The number of alkyl halides is 6. The number of ether oxygens (including phenoxy) is 1. The number of nitrogens with zero attached hydrogens (tertiary/aromatic N) is 4. The summed E-state index contributed by atoms with van der Waals surface area (Å²) in [6, 6.07) is 14.7. The summed E-state index contributed by atoms with van der Waals surface area (Å²) in [5, 5.41) is 18.5. The van der Waals surface area contributed by atoms with Gasteiger partial charge in [-0.25, -0.2) is 0 Å². The topological polar surface area (TPSA) is 82.7 Å².